The van der Waals surface area contributed by atoms with Crippen molar-refractivity contribution in [2.45, 2.75) is 38.4 Å². The molecule has 0 bridgehead atoms. The highest BCUT2D eigenvalue weighted by atomic mass is 35.5. The molecule has 180 valence electrons. The van der Waals surface area contributed by atoms with E-state index in [9.17, 15) is 13.2 Å². The van der Waals surface area contributed by atoms with E-state index in [4.69, 9.17) is 11.6 Å². The first-order valence-electron chi connectivity index (χ1n) is 11.9. The van der Waals surface area contributed by atoms with Crippen molar-refractivity contribution in [2.75, 3.05) is 51.2 Å². The molecular weight excluding hydrogens is 447 g/mol. The quantitative estimate of drug-likeness (QED) is 0.524. The zero-order chi connectivity index (χ0) is 23.4. The van der Waals surface area contributed by atoms with E-state index in [2.05, 4.69) is 33.9 Å². The molecule has 7 heteroatoms. The number of rotatable bonds is 5. The second-order valence-electron chi connectivity index (χ2n) is 9.53. The number of nitrogens with zero attached hydrogens (tertiary/aromatic N) is 3. The van der Waals surface area contributed by atoms with Crippen LogP contribution in [-0.2, 0) is 19.1 Å². The Morgan fingerprint density at radius 3 is 2.33 bits per heavy atom. The molecule has 0 aromatic heterocycles. The van der Waals surface area contributed by atoms with Gasteiger partial charge in [-0.05, 0) is 99.7 Å². The second kappa shape index (κ2) is 10.7. The summed E-state index contributed by atoms with van der Waals surface area (Å²) in [6, 6.07) is 12.7. The van der Waals surface area contributed by atoms with Gasteiger partial charge in [-0.2, -0.15) is 13.2 Å². The Kier molecular flexibility index (Phi) is 7.87. The topological polar surface area (TPSA) is 9.72 Å². The van der Waals surface area contributed by atoms with Crippen molar-refractivity contribution in [3.05, 3.63) is 64.2 Å². The molecule has 0 atom stereocenters. The Morgan fingerprint density at radius 1 is 0.909 bits per heavy atom. The van der Waals surface area contributed by atoms with Crippen LogP contribution in [0.25, 0.3) is 0 Å². The third kappa shape index (κ3) is 6.65. The van der Waals surface area contributed by atoms with E-state index < -0.39 is 11.7 Å². The van der Waals surface area contributed by atoms with Gasteiger partial charge >= 0.3 is 6.18 Å². The molecule has 2 aliphatic heterocycles. The SMILES string of the molecule is CN1CCCN(c2ccc(C(F)(F)F)c(CN3CCC(Cc4ccc(Cl)cc4)CC3)c2)CC1. The van der Waals surface area contributed by atoms with Crippen molar-refractivity contribution < 1.29 is 13.2 Å². The van der Waals surface area contributed by atoms with Gasteiger partial charge in [0.05, 0.1) is 5.56 Å². The van der Waals surface area contributed by atoms with E-state index in [0.29, 0.717) is 18.0 Å². The highest BCUT2D eigenvalue weighted by molar-refractivity contribution is 6.30. The molecule has 2 saturated heterocycles. The molecule has 4 rings (SSSR count). The largest absolute Gasteiger partial charge is 0.416 e. The van der Waals surface area contributed by atoms with Crippen LogP contribution in [-0.4, -0.2) is 56.1 Å². The van der Waals surface area contributed by atoms with Crippen LogP contribution in [0, 0.1) is 5.92 Å². The molecule has 0 spiro atoms. The Hall–Kier alpha value is -1.76. The lowest BCUT2D eigenvalue weighted by Gasteiger charge is -2.33. The van der Waals surface area contributed by atoms with Crippen LogP contribution in [0.2, 0.25) is 5.02 Å². The van der Waals surface area contributed by atoms with E-state index >= 15 is 0 Å². The Morgan fingerprint density at radius 2 is 1.64 bits per heavy atom. The molecule has 0 radical (unpaired) electrons. The molecular formula is C26H33ClF3N3. The average Bonchev–Trinajstić information content (AvgIpc) is 3.00. The molecule has 0 N–H and O–H groups in total. The summed E-state index contributed by atoms with van der Waals surface area (Å²) in [7, 11) is 2.10. The first kappa shape index (κ1) is 24.4. The van der Waals surface area contributed by atoms with Gasteiger partial charge < -0.3 is 9.80 Å². The summed E-state index contributed by atoms with van der Waals surface area (Å²) in [5.74, 6) is 0.560. The molecule has 0 amide bonds. The first-order chi connectivity index (χ1) is 15.8. The number of halogens is 4. The molecule has 0 aliphatic carbocycles. The predicted molar refractivity (Wildman–Crippen MR) is 129 cm³/mol. The van der Waals surface area contributed by atoms with Gasteiger partial charge in [0.15, 0.2) is 0 Å². The van der Waals surface area contributed by atoms with Gasteiger partial charge in [0.2, 0.25) is 0 Å². The number of anilines is 1. The van der Waals surface area contributed by atoms with Crippen LogP contribution in [0.3, 0.4) is 0 Å². The molecule has 2 fully saturated rings. The van der Waals surface area contributed by atoms with Crippen molar-refractivity contribution in [3.8, 4) is 0 Å². The van der Waals surface area contributed by atoms with Gasteiger partial charge in [-0.3, -0.25) is 4.90 Å². The van der Waals surface area contributed by atoms with Crippen LogP contribution in [0.1, 0.15) is 36.0 Å². The number of piperidine rings is 1. The molecule has 33 heavy (non-hydrogen) atoms. The van der Waals surface area contributed by atoms with Crippen molar-refractivity contribution in [1.29, 1.82) is 0 Å². The minimum Gasteiger partial charge on any atom is -0.370 e. The zero-order valence-electron chi connectivity index (χ0n) is 19.3. The van der Waals surface area contributed by atoms with Crippen LogP contribution in [0.15, 0.2) is 42.5 Å². The fraction of sp³-hybridized carbons (Fsp3) is 0.538. The summed E-state index contributed by atoms with van der Waals surface area (Å²) in [5, 5.41) is 0.739. The van der Waals surface area contributed by atoms with E-state index in [1.165, 1.54) is 11.6 Å². The van der Waals surface area contributed by atoms with Crippen LogP contribution in [0.4, 0.5) is 18.9 Å². The van der Waals surface area contributed by atoms with E-state index in [1.54, 1.807) is 12.1 Å². The third-order valence-electron chi connectivity index (χ3n) is 7.02. The summed E-state index contributed by atoms with van der Waals surface area (Å²) < 4.78 is 41.3. The molecule has 2 aromatic carbocycles. The van der Waals surface area contributed by atoms with Crippen molar-refractivity contribution in [1.82, 2.24) is 9.80 Å². The Labute approximate surface area is 200 Å². The molecule has 3 nitrogen and oxygen atoms in total. The van der Waals surface area contributed by atoms with Gasteiger partial charge in [-0.1, -0.05) is 23.7 Å². The molecule has 0 unspecified atom stereocenters. The minimum atomic E-state index is -4.33. The lowest BCUT2D eigenvalue weighted by molar-refractivity contribution is -0.138. The summed E-state index contributed by atoms with van der Waals surface area (Å²) in [6.07, 6.45) is -0.310. The zero-order valence-corrected chi connectivity index (χ0v) is 20.0. The van der Waals surface area contributed by atoms with Crippen molar-refractivity contribution >= 4 is 17.3 Å². The maximum absolute atomic E-state index is 13.8. The normalized spacial score (nSPS) is 19.6. The van der Waals surface area contributed by atoms with E-state index in [-0.39, 0.29) is 0 Å². The van der Waals surface area contributed by atoms with Crippen LogP contribution < -0.4 is 4.90 Å². The predicted octanol–water partition coefficient (Wildman–Crippen LogP) is 5.96. The summed E-state index contributed by atoms with van der Waals surface area (Å²) >= 11 is 5.98. The third-order valence-corrected chi connectivity index (χ3v) is 7.27. The lowest BCUT2D eigenvalue weighted by atomic mass is 9.90. The average molecular weight is 480 g/mol. The fourth-order valence-electron chi connectivity index (χ4n) is 5.03. The van der Waals surface area contributed by atoms with E-state index in [1.807, 2.05) is 12.1 Å². The highest BCUT2D eigenvalue weighted by Crippen LogP contribution is 2.35. The maximum atomic E-state index is 13.8. The smallest absolute Gasteiger partial charge is 0.370 e. The number of likely N-dealkylation sites (tertiary alicyclic amines) is 1. The summed E-state index contributed by atoms with van der Waals surface area (Å²) in [5.41, 5.74) is 2.08. The highest BCUT2D eigenvalue weighted by Gasteiger charge is 2.34. The van der Waals surface area contributed by atoms with E-state index in [0.717, 1.165) is 75.7 Å². The number of likely N-dealkylation sites (N-methyl/N-ethyl adjacent to an activating group) is 1. The number of benzene rings is 2. The first-order valence-corrected chi connectivity index (χ1v) is 12.3. The molecule has 2 heterocycles. The van der Waals surface area contributed by atoms with Gasteiger partial charge in [0.25, 0.3) is 0 Å². The fourth-order valence-corrected chi connectivity index (χ4v) is 5.16. The minimum absolute atomic E-state index is 0.351. The number of hydrogen-bond acceptors (Lipinski definition) is 3. The monoisotopic (exact) mass is 479 g/mol. The Bertz CT molecular complexity index is 908. The van der Waals surface area contributed by atoms with Gasteiger partial charge in [-0.15, -0.1) is 0 Å². The summed E-state index contributed by atoms with van der Waals surface area (Å²) in [6.45, 7) is 5.68. The molecule has 0 saturated carbocycles. The lowest BCUT2D eigenvalue weighted by Crippen LogP contribution is -2.34. The molecule has 2 aromatic rings. The second-order valence-corrected chi connectivity index (χ2v) is 9.97. The van der Waals surface area contributed by atoms with Crippen molar-refractivity contribution in [3.63, 3.8) is 0 Å². The Balaban J connectivity index is 1.42. The summed E-state index contributed by atoms with van der Waals surface area (Å²) in [4.78, 5) is 6.69. The van der Waals surface area contributed by atoms with Gasteiger partial charge in [0, 0.05) is 36.9 Å². The van der Waals surface area contributed by atoms with Crippen LogP contribution >= 0.6 is 11.6 Å². The molecule has 2 aliphatic rings. The maximum Gasteiger partial charge on any atom is 0.416 e. The number of hydrogen-bond donors (Lipinski definition) is 0. The van der Waals surface area contributed by atoms with Gasteiger partial charge in [-0.25, -0.2) is 0 Å². The van der Waals surface area contributed by atoms with Crippen molar-refractivity contribution in [2.24, 2.45) is 5.92 Å². The number of alkyl halides is 3. The standard InChI is InChI=1S/C26H33ClF3N3/c1-31-11-2-12-33(16-15-31)24-7-8-25(26(28,29)30)22(18-24)19-32-13-9-21(10-14-32)17-20-3-5-23(27)6-4-20/h3-8,18,21H,2,9-17,19H2,1H3. The van der Waals surface area contributed by atoms with Crippen LogP contribution in [0.5, 0.6) is 0 Å². The van der Waals surface area contributed by atoms with Gasteiger partial charge in [0.1, 0.15) is 0 Å².